The molecule has 0 radical (unpaired) electrons. The molecule has 2 rings (SSSR count). The Kier molecular flexibility index (Phi) is 18.3. The van der Waals surface area contributed by atoms with Crippen LogP contribution in [-0.2, 0) is 4.74 Å². The summed E-state index contributed by atoms with van der Waals surface area (Å²) in [4.78, 5) is 15.7. The fourth-order valence-corrected chi connectivity index (χ4v) is 1.48. The second kappa shape index (κ2) is 19.0. The van der Waals surface area contributed by atoms with Crippen LogP contribution in [0.2, 0.25) is 0 Å². The molecular weight excluding hydrogens is 389 g/mol. The van der Waals surface area contributed by atoms with Crippen molar-refractivity contribution in [3.63, 3.8) is 0 Å². The third kappa shape index (κ3) is 13.0. The monoisotopic (exact) mass is 421 g/mol. The normalized spacial score (nSPS) is 8.60. The molecule has 2 aromatic heterocycles. The molecule has 1 amide bonds. The molecule has 2 aromatic rings. The van der Waals surface area contributed by atoms with Gasteiger partial charge in [0.2, 0.25) is 0 Å². The van der Waals surface area contributed by atoms with E-state index >= 15 is 0 Å². The number of halogens is 1. The number of methoxy groups -OCH3 is 1. The van der Waals surface area contributed by atoms with Gasteiger partial charge in [0, 0.05) is 25.9 Å². The first-order valence-electron chi connectivity index (χ1n) is 9.06. The predicted molar refractivity (Wildman–Crippen MR) is 120 cm³/mol. The molecule has 0 unspecified atom stereocenters. The van der Waals surface area contributed by atoms with Crippen molar-refractivity contribution in [1.82, 2.24) is 15.2 Å². The molecule has 4 N–H and O–H groups in total. The number of carbonyl (C=O) groups is 1. The molecule has 0 spiro atoms. The number of nitrogens with one attached hydrogen (secondary N) is 3. The van der Waals surface area contributed by atoms with E-state index in [1.807, 2.05) is 13.8 Å². The van der Waals surface area contributed by atoms with E-state index in [0.29, 0.717) is 23.7 Å². The van der Waals surface area contributed by atoms with Gasteiger partial charge in [-0.15, -0.1) is 6.58 Å². The van der Waals surface area contributed by atoms with Crippen LogP contribution in [0.3, 0.4) is 0 Å². The number of ether oxygens (including phenoxy) is 1. The summed E-state index contributed by atoms with van der Waals surface area (Å²) in [6, 6.07) is 3.52. The first-order chi connectivity index (χ1) is 14.4. The van der Waals surface area contributed by atoms with Crippen molar-refractivity contribution >= 4 is 17.3 Å². The summed E-state index contributed by atoms with van der Waals surface area (Å²) in [6.45, 7) is 13.8. The largest absolute Gasteiger partial charge is 0.392 e. The highest BCUT2D eigenvalue weighted by molar-refractivity contribution is 6.06. The molecule has 9 heteroatoms. The van der Waals surface area contributed by atoms with E-state index in [2.05, 4.69) is 50.3 Å². The molecule has 30 heavy (non-hydrogen) atoms. The number of aliphatic hydroxyl groups excluding tert-OH is 1. The van der Waals surface area contributed by atoms with Gasteiger partial charge in [0.25, 0.3) is 5.91 Å². The van der Waals surface area contributed by atoms with Gasteiger partial charge < -0.3 is 20.5 Å². The van der Waals surface area contributed by atoms with Gasteiger partial charge in [0.05, 0.1) is 37.0 Å². The summed E-state index contributed by atoms with van der Waals surface area (Å²) >= 11 is 0. The standard InChI is InChI=1S/C10H11N5O.C5H7FO.C4H8O.C2H6/c1-11-8-6-13-15-9(8)10(16)14-7-3-2-4-12-5-7;1-4(3-7)5(2)6;1-3-4-5-2;1-2/h2-6,11H,1H3,(H,13,15)(H,14,16);7H,1-3H2;3H,1,4H2,2H3;1-2H3. The highest BCUT2D eigenvalue weighted by atomic mass is 19.1. The summed E-state index contributed by atoms with van der Waals surface area (Å²) in [6.07, 6.45) is 6.48. The summed E-state index contributed by atoms with van der Waals surface area (Å²) in [5, 5.41) is 20.1. The van der Waals surface area contributed by atoms with Gasteiger partial charge in [-0.25, -0.2) is 4.39 Å². The Morgan fingerprint density at radius 1 is 1.37 bits per heavy atom. The van der Waals surface area contributed by atoms with Gasteiger partial charge in [0.15, 0.2) is 0 Å². The number of amides is 1. The number of carbonyl (C=O) groups excluding carboxylic acids is 1. The molecule has 0 atom stereocenters. The summed E-state index contributed by atoms with van der Waals surface area (Å²) in [5.74, 6) is -0.905. The number of pyridine rings is 1. The second-order valence-corrected chi connectivity index (χ2v) is 5.02. The lowest BCUT2D eigenvalue weighted by atomic mass is 10.3. The van der Waals surface area contributed by atoms with Crippen LogP contribution in [0.15, 0.2) is 67.9 Å². The van der Waals surface area contributed by atoms with Crippen molar-refractivity contribution < 1.29 is 19.0 Å². The van der Waals surface area contributed by atoms with Crippen molar-refractivity contribution in [2.24, 2.45) is 0 Å². The van der Waals surface area contributed by atoms with Gasteiger partial charge in [0.1, 0.15) is 11.5 Å². The number of aromatic nitrogens is 3. The number of aromatic amines is 1. The number of nitrogens with zero attached hydrogens (tertiary/aromatic N) is 2. The van der Waals surface area contributed by atoms with Crippen molar-refractivity contribution in [1.29, 1.82) is 0 Å². The molecule has 2 heterocycles. The first kappa shape index (κ1) is 28.9. The third-order valence-electron chi connectivity index (χ3n) is 2.91. The van der Waals surface area contributed by atoms with Crippen molar-refractivity contribution in [3.05, 3.63) is 73.6 Å². The minimum Gasteiger partial charge on any atom is -0.392 e. The predicted octanol–water partition coefficient (Wildman–Crippen LogP) is 3.96. The maximum atomic E-state index is 11.8. The molecule has 0 aliphatic carbocycles. The number of aliphatic hydroxyl groups is 1. The molecule has 0 bridgehead atoms. The third-order valence-corrected chi connectivity index (χ3v) is 2.91. The van der Waals surface area contributed by atoms with E-state index in [-0.39, 0.29) is 18.1 Å². The SMILES string of the molecule is C=C(F)C(=C)CO.C=CCOC.CC.CNc1cn[nH]c1C(=O)Nc1cccnc1. The van der Waals surface area contributed by atoms with Gasteiger partial charge in [-0.05, 0) is 12.1 Å². The van der Waals surface area contributed by atoms with E-state index in [4.69, 9.17) is 5.11 Å². The van der Waals surface area contributed by atoms with E-state index in [1.54, 1.807) is 51.0 Å². The van der Waals surface area contributed by atoms with E-state index in [1.165, 1.54) is 0 Å². The van der Waals surface area contributed by atoms with Crippen LogP contribution in [0, 0.1) is 0 Å². The van der Waals surface area contributed by atoms with Crippen LogP contribution in [0.25, 0.3) is 0 Å². The topological polar surface area (TPSA) is 112 Å². The number of anilines is 2. The van der Waals surface area contributed by atoms with E-state index in [0.717, 1.165) is 0 Å². The second-order valence-electron chi connectivity index (χ2n) is 5.02. The zero-order valence-corrected chi connectivity index (χ0v) is 18.0. The summed E-state index contributed by atoms with van der Waals surface area (Å²) < 4.78 is 16.2. The smallest absolute Gasteiger partial charge is 0.275 e. The quantitative estimate of drug-likeness (QED) is 0.398. The van der Waals surface area contributed by atoms with Crippen LogP contribution < -0.4 is 10.6 Å². The van der Waals surface area contributed by atoms with Gasteiger partial charge >= 0.3 is 0 Å². The molecule has 0 saturated heterocycles. The molecule has 8 nitrogen and oxygen atoms in total. The maximum absolute atomic E-state index is 11.8. The molecule has 0 aliphatic rings. The average Bonchev–Trinajstić information content (AvgIpc) is 3.26. The van der Waals surface area contributed by atoms with Crippen LogP contribution in [0.1, 0.15) is 24.3 Å². The number of hydrogen-bond acceptors (Lipinski definition) is 6. The Hall–Kier alpha value is -3.30. The lowest BCUT2D eigenvalue weighted by Gasteiger charge is -2.04. The Labute approximate surface area is 177 Å². The molecular formula is C21H32FN5O3. The van der Waals surface area contributed by atoms with Crippen molar-refractivity contribution in [2.45, 2.75) is 13.8 Å². The molecule has 0 saturated carbocycles. The Morgan fingerprint density at radius 2 is 2.03 bits per heavy atom. The molecule has 0 fully saturated rings. The van der Waals surface area contributed by atoms with Gasteiger partial charge in [-0.2, -0.15) is 5.10 Å². The van der Waals surface area contributed by atoms with Crippen LogP contribution in [0.4, 0.5) is 15.8 Å². The lowest BCUT2D eigenvalue weighted by Crippen LogP contribution is -2.14. The number of rotatable bonds is 7. The summed E-state index contributed by atoms with van der Waals surface area (Å²) in [5.41, 5.74) is 1.73. The van der Waals surface area contributed by atoms with Crippen molar-refractivity contribution in [2.75, 3.05) is 38.0 Å². The Balaban J connectivity index is 0. The van der Waals surface area contributed by atoms with Crippen LogP contribution in [0.5, 0.6) is 0 Å². The van der Waals surface area contributed by atoms with Crippen LogP contribution >= 0.6 is 0 Å². The number of H-pyrrole nitrogens is 1. The van der Waals surface area contributed by atoms with E-state index in [9.17, 15) is 9.18 Å². The fraction of sp³-hybridized carbons (Fsp3) is 0.286. The van der Waals surface area contributed by atoms with Crippen molar-refractivity contribution in [3.8, 4) is 0 Å². The lowest BCUT2D eigenvalue weighted by molar-refractivity contribution is 0.102. The zero-order chi connectivity index (χ0) is 23.4. The van der Waals surface area contributed by atoms with E-state index < -0.39 is 5.83 Å². The maximum Gasteiger partial charge on any atom is 0.275 e. The average molecular weight is 422 g/mol. The van der Waals surface area contributed by atoms with Gasteiger partial charge in [-0.1, -0.05) is 33.1 Å². The molecule has 0 aliphatic heterocycles. The minimum absolute atomic E-state index is 0.0417. The highest BCUT2D eigenvalue weighted by Crippen LogP contribution is 2.12. The van der Waals surface area contributed by atoms with Crippen LogP contribution in [-0.4, -0.2) is 53.6 Å². The Morgan fingerprint density at radius 3 is 2.40 bits per heavy atom. The van der Waals surface area contributed by atoms with Gasteiger partial charge in [-0.3, -0.25) is 14.9 Å². The molecule has 166 valence electrons. The Bertz CT molecular complexity index is 748. The first-order valence-corrected chi connectivity index (χ1v) is 9.06. The fourth-order valence-electron chi connectivity index (χ4n) is 1.48. The zero-order valence-electron chi connectivity index (χ0n) is 18.0. The summed E-state index contributed by atoms with van der Waals surface area (Å²) in [7, 11) is 3.37. The highest BCUT2D eigenvalue weighted by Gasteiger charge is 2.12. The minimum atomic E-state index is -0.650. The number of hydrogen-bond donors (Lipinski definition) is 4. The molecule has 0 aromatic carbocycles.